The van der Waals surface area contributed by atoms with Crippen LogP contribution in [0.1, 0.15) is 121 Å². The number of esters is 1. The number of hydrogen-bond donors (Lipinski definition) is 0. The van der Waals surface area contributed by atoms with E-state index in [1.54, 1.807) is 24.3 Å². The molecule has 1 aliphatic rings. The van der Waals surface area contributed by atoms with Crippen LogP contribution in [0.15, 0.2) is 36.4 Å². The number of hydrogen-bond acceptors (Lipinski definition) is 4. The van der Waals surface area contributed by atoms with Gasteiger partial charge >= 0.3 is 5.97 Å². The third-order valence-electron chi connectivity index (χ3n) is 8.01. The van der Waals surface area contributed by atoms with Gasteiger partial charge < -0.3 is 14.2 Å². The van der Waals surface area contributed by atoms with Gasteiger partial charge in [-0.2, -0.15) is 4.39 Å². The fourth-order valence-corrected chi connectivity index (χ4v) is 5.51. The van der Waals surface area contributed by atoms with Crippen LogP contribution in [0, 0.1) is 23.5 Å². The highest BCUT2D eigenvalue weighted by Gasteiger charge is 2.22. The van der Waals surface area contributed by atoms with E-state index in [0.717, 1.165) is 50.4 Å². The largest absolute Gasteiger partial charge is 0.494 e. The number of unbranched alkanes of at least 4 members (excludes halogenated alkanes) is 6. The van der Waals surface area contributed by atoms with Crippen molar-refractivity contribution >= 4 is 5.97 Å². The standard InChI is InChI=1S/C34H48F2O4/c1-3-5-7-8-10-24-39-31-23-22-30(32(35)33(31)36)34(37)40-29-20-18-28(19-21-29)38-25-11-13-27-16-14-26(15-17-27)12-9-6-4-2/h18-23,26-27H,3-17,24-25H2,1-2H3. The molecule has 0 N–H and O–H groups in total. The highest BCUT2D eigenvalue weighted by atomic mass is 19.2. The van der Waals surface area contributed by atoms with Gasteiger partial charge in [0.2, 0.25) is 5.82 Å². The van der Waals surface area contributed by atoms with Gasteiger partial charge in [0, 0.05) is 0 Å². The molecule has 1 fully saturated rings. The molecule has 0 atom stereocenters. The summed E-state index contributed by atoms with van der Waals surface area (Å²) >= 11 is 0. The lowest BCUT2D eigenvalue weighted by molar-refractivity contribution is 0.0728. The Labute approximate surface area is 239 Å². The van der Waals surface area contributed by atoms with Crippen molar-refractivity contribution in [2.45, 2.75) is 110 Å². The molecule has 0 saturated heterocycles. The van der Waals surface area contributed by atoms with Gasteiger partial charge in [0.05, 0.1) is 18.8 Å². The molecule has 0 spiro atoms. The predicted octanol–water partition coefficient (Wildman–Crippen LogP) is 10.1. The molecule has 2 aromatic rings. The van der Waals surface area contributed by atoms with Crippen LogP contribution in [-0.2, 0) is 0 Å². The molecule has 1 aliphatic carbocycles. The summed E-state index contributed by atoms with van der Waals surface area (Å²) in [6.07, 6.45) is 18.2. The summed E-state index contributed by atoms with van der Waals surface area (Å²) in [6.45, 7) is 5.35. The minimum atomic E-state index is -1.27. The van der Waals surface area contributed by atoms with Crippen molar-refractivity contribution in [2.24, 2.45) is 11.8 Å². The van der Waals surface area contributed by atoms with Crippen molar-refractivity contribution in [1.82, 2.24) is 0 Å². The Morgan fingerprint density at radius 1 is 0.675 bits per heavy atom. The Morgan fingerprint density at radius 2 is 1.25 bits per heavy atom. The van der Waals surface area contributed by atoms with Gasteiger partial charge in [0.1, 0.15) is 11.5 Å². The number of carbonyl (C=O) groups excluding carboxylic acids is 1. The zero-order chi connectivity index (χ0) is 28.6. The first-order valence-electron chi connectivity index (χ1n) is 15.6. The maximum atomic E-state index is 14.6. The van der Waals surface area contributed by atoms with Gasteiger partial charge in [-0.1, -0.05) is 90.9 Å². The second-order valence-electron chi connectivity index (χ2n) is 11.2. The Hall–Kier alpha value is -2.63. The number of benzene rings is 2. The lowest BCUT2D eigenvalue weighted by Gasteiger charge is -2.28. The third-order valence-corrected chi connectivity index (χ3v) is 8.01. The number of halogens is 2. The van der Waals surface area contributed by atoms with Crippen molar-refractivity contribution in [3.8, 4) is 17.2 Å². The maximum absolute atomic E-state index is 14.6. The zero-order valence-corrected chi connectivity index (χ0v) is 24.5. The van der Waals surface area contributed by atoms with E-state index in [1.165, 1.54) is 69.9 Å². The van der Waals surface area contributed by atoms with Crippen LogP contribution in [0.3, 0.4) is 0 Å². The van der Waals surface area contributed by atoms with Crippen molar-refractivity contribution in [3.63, 3.8) is 0 Å². The summed E-state index contributed by atoms with van der Waals surface area (Å²) in [7, 11) is 0. The molecule has 0 aliphatic heterocycles. The fraction of sp³-hybridized carbons (Fsp3) is 0.618. The Bertz CT molecular complexity index is 1000. The van der Waals surface area contributed by atoms with E-state index in [1.807, 2.05) is 0 Å². The molecule has 222 valence electrons. The molecule has 2 aromatic carbocycles. The van der Waals surface area contributed by atoms with E-state index in [-0.39, 0.29) is 11.5 Å². The molecule has 6 heteroatoms. The molecule has 0 amide bonds. The Balaban J connectivity index is 1.36. The first-order valence-corrected chi connectivity index (χ1v) is 15.6. The summed E-state index contributed by atoms with van der Waals surface area (Å²) in [5.74, 6) is -0.921. The minimum Gasteiger partial charge on any atom is -0.494 e. The van der Waals surface area contributed by atoms with Crippen LogP contribution >= 0.6 is 0 Å². The molecule has 0 bridgehead atoms. The summed E-state index contributed by atoms with van der Waals surface area (Å²) in [5.41, 5.74) is -0.469. The summed E-state index contributed by atoms with van der Waals surface area (Å²) in [4.78, 5) is 12.5. The molecule has 0 radical (unpaired) electrons. The van der Waals surface area contributed by atoms with E-state index in [9.17, 15) is 13.6 Å². The second kappa shape index (κ2) is 17.9. The van der Waals surface area contributed by atoms with Crippen LogP contribution in [-0.4, -0.2) is 19.2 Å². The smallest absolute Gasteiger partial charge is 0.346 e. The first-order chi connectivity index (χ1) is 19.5. The molecule has 40 heavy (non-hydrogen) atoms. The highest BCUT2D eigenvalue weighted by Crippen LogP contribution is 2.34. The average Bonchev–Trinajstić information content (AvgIpc) is 2.97. The lowest BCUT2D eigenvalue weighted by atomic mass is 9.78. The number of ether oxygens (including phenoxy) is 3. The average molecular weight is 559 g/mol. The van der Waals surface area contributed by atoms with E-state index < -0.39 is 23.2 Å². The minimum absolute atomic E-state index is 0.193. The van der Waals surface area contributed by atoms with E-state index in [2.05, 4.69) is 13.8 Å². The van der Waals surface area contributed by atoms with Gasteiger partial charge in [-0.3, -0.25) is 0 Å². The van der Waals surface area contributed by atoms with Gasteiger partial charge in [0.15, 0.2) is 11.6 Å². The van der Waals surface area contributed by atoms with Crippen molar-refractivity contribution < 1.29 is 27.8 Å². The van der Waals surface area contributed by atoms with Crippen LogP contribution in [0.25, 0.3) is 0 Å². The van der Waals surface area contributed by atoms with Crippen LogP contribution in [0.5, 0.6) is 17.2 Å². The molecule has 0 aromatic heterocycles. The van der Waals surface area contributed by atoms with Gasteiger partial charge in [-0.15, -0.1) is 0 Å². The van der Waals surface area contributed by atoms with E-state index in [0.29, 0.717) is 19.0 Å². The quantitative estimate of drug-likeness (QED) is 0.104. The molecule has 3 rings (SSSR count). The monoisotopic (exact) mass is 558 g/mol. The Morgan fingerprint density at radius 3 is 1.93 bits per heavy atom. The highest BCUT2D eigenvalue weighted by molar-refractivity contribution is 5.91. The van der Waals surface area contributed by atoms with Gasteiger partial charge in [-0.25, -0.2) is 9.18 Å². The third kappa shape index (κ3) is 10.7. The lowest BCUT2D eigenvalue weighted by Crippen LogP contribution is -2.15. The molecule has 1 saturated carbocycles. The maximum Gasteiger partial charge on any atom is 0.346 e. The fourth-order valence-electron chi connectivity index (χ4n) is 5.51. The predicted molar refractivity (Wildman–Crippen MR) is 156 cm³/mol. The van der Waals surface area contributed by atoms with Gasteiger partial charge in [-0.05, 0) is 67.5 Å². The molecule has 0 unspecified atom stereocenters. The summed E-state index contributed by atoms with van der Waals surface area (Å²) in [6, 6.07) is 9.10. The molecule has 4 nitrogen and oxygen atoms in total. The molecule has 0 heterocycles. The normalized spacial score (nSPS) is 17.0. The SMILES string of the molecule is CCCCCCCOc1ccc(C(=O)Oc2ccc(OCCCC3CCC(CCCCC)CC3)cc2)c(F)c1F. The zero-order valence-electron chi connectivity index (χ0n) is 24.5. The topological polar surface area (TPSA) is 44.8 Å². The second-order valence-corrected chi connectivity index (χ2v) is 11.2. The molecular formula is C34H48F2O4. The first kappa shape index (κ1) is 31.9. The van der Waals surface area contributed by atoms with Crippen molar-refractivity contribution in [1.29, 1.82) is 0 Å². The van der Waals surface area contributed by atoms with Crippen molar-refractivity contribution in [3.05, 3.63) is 53.6 Å². The Kier molecular flexibility index (Phi) is 14.3. The van der Waals surface area contributed by atoms with Crippen LogP contribution in [0.2, 0.25) is 0 Å². The van der Waals surface area contributed by atoms with Crippen LogP contribution < -0.4 is 14.2 Å². The molecular weight excluding hydrogens is 510 g/mol. The summed E-state index contributed by atoms with van der Waals surface area (Å²) in [5, 5.41) is 0. The number of rotatable bonds is 18. The summed E-state index contributed by atoms with van der Waals surface area (Å²) < 4.78 is 45.5. The van der Waals surface area contributed by atoms with E-state index in [4.69, 9.17) is 14.2 Å². The van der Waals surface area contributed by atoms with Crippen molar-refractivity contribution in [2.75, 3.05) is 13.2 Å². The van der Waals surface area contributed by atoms with E-state index >= 15 is 0 Å². The van der Waals surface area contributed by atoms with Crippen LogP contribution in [0.4, 0.5) is 8.78 Å². The number of carbonyl (C=O) groups is 1. The van der Waals surface area contributed by atoms with Gasteiger partial charge in [0.25, 0.3) is 0 Å².